The molecule has 0 radical (unpaired) electrons. The second-order valence-electron chi connectivity index (χ2n) is 7.06. The van der Waals surface area contributed by atoms with E-state index >= 15 is 0 Å². The molecule has 0 saturated carbocycles. The third-order valence-electron chi connectivity index (χ3n) is 5.70. The van der Waals surface area contributed by atoms with Gasteiger partial charge in [-0.3, -0.25) is 4.79 Å². The molecule has 0 saturated heterocycles. The van der Waals surface area contributed by atoms with Crippen LogP contribution in [0.25, 0.3) is 0 Å². The highest BCUT2D eigenvalue weighted by molar-refractivity contribution is 6.08. The first kappa shape index (κ1) is 17.3. The number of amides is 1. The fourth-order valence-corrected chi connectivity index (χ4v) is 4.33. The first-order chi connectivity index (χ1) is 13.2. The van der Waals surface area contributed by atoms with Gasteiger partial charge >= 0.3 is 0 Å². The van der Waals surface area contributed by atoms with E-state index in [0.29, 0.717) is 6.42 Å². The summed E-state index contributed by atoms with van der Waals surface area (Å²) in [6, 6.07) is 28.4. The zero-order chi connectivity index (χ0) is 18.9. The van der Waals surface area contributed by atoms with Crippen molar-refractivity contribution >= 4 is 17.3 Å². The molecule has 3 heteroatoms. The lowest BCUT2D eigenvalue weighted by atomic mass is 9.70. The number of para-hydroxylation sites is 2. The third-order valence-corrected chi connectivity index (χ3v) is 5.70. The van der Waals surface area contributed by atoms with Crippen LogP contribution in [0.15, 0.2) is 84.9 Å². The summed E-state index contributed by atoms with van der Waals surface area (Å²) in [4.78, 5) is 15.4. The zero-order valence-electron chi connectivity index (χ0n) is 15.7. The van der Waals surface area contributed by atoms with Gasteiger partial charge in [0.1, 0.15) is 5.41 Å². The SMILES string of the molecule is CC[C@@]1([C@@H](Nc2ccccc2)c2ccccc2)C(=O)N(C)c2ccccc21. The minimum atomic E-state index is -0.650. The minimum absolute atomic E-state index is 0.142. The fourth-order valence-electron chi connectivity index (χ4n) is 4.33. The summed E-state index contributed by atoms with van der Waals surface area (Å²) in [6.07, 6.45) is 0.715. The van der Waals surface area contributed by atoms with E-state index in [1.54, 1.807) is 4.90 Å². The number of hydrogen-bond donors (Lipinski definition) is 1. The fraction of sp³-hybridized carbons (Fsp3) is 0.208. The van der Waals surface area contributed by atoms with Gasteiger partial charge in [0.15, 0.2) is 0 Å². The van der Waals surface area contributed by atoms with Crippen LogP contribution in [0.2, 0.25) is 0 Å². The zero-order valence-corrected chi connectivity index (χ0v) is 15.7. The predicted octanol–water partition coefficient (Wildman–Crippen LogP) is 5.16. The molecule has 136 valence electrons. The molecular weight excluding hydrogens is 332 g/mol. The van der Waals surface area contributed by atoms with Gasteiger partial charge in [0, 0.05) is 18.4 Å². The Labute approximate surface area is 160 Å². The summed E-state index contributed by atoms with van der Waals surface area (Å²) in [5.41, 5.74) is 3.57. The highest BCUT2D eigenvalue weighted by Gasteiger charge is 2.54. The van der Waals surface area contributed by atoms with E-state index in [2.05, 4.69) is 30.4 Å². The molecule has 0 unspecified atom stereocenters. The van der Waals surface area contributed by atoms with Crippen molar-refractivity contribution in [1.29, 1.82) is 0 Å². The number of carbonyl (C=O) groups is 1. The Morgan fingerprint density at radius 1 is 0.889 bits per heavy atom. The monoisotopic (exact) mass is 356 g/mol. The third kappa shape index (κ3) is 2.71. The molecule has 3 aromatic rings. The number of fused-ring (bicyclic) bond motifs is 1. The first-order valence-corrected chi connectivity index (χ1v) is 9.42. The number of anilines is 2. The Morgan fingerprint density at radius 3 is 2.15 bits per heavy atom. The summed E-state index contributed by atoms with van der Waals surface area (Å²) in [5, 5.41) is 3.67. The molecule has 1 N–H and O–H groups in total. The van der Waals surface area contributed by atoms with Crippen molar-refractivity contribution < 1.29 is 4.79 Å². The van der Waals surface area contributed by atoms with Gasteiger partial charge in [0.2, 0.25) is 5.91 Å². The Morgan fingerprint density at radius 2 is 1.48 bits per heavy atom. The van der Waals surface area contributed by atoms with Gasteiger partial charge in [-0.1, -0.05) is 73.7 Å². The average Bonchev–Trinajstić information content (AvgIpc) is 2.96. The maximum Gasteiger partial charge on any atom is 0.239 e. The van der Waals surface area contributed by atoms with Gasteiger partial charge in [-0.15, -0.1) is 0 Å². The van der Waals surface area contributed by atoms with Crippen molar-refractivity contribution in [3.05, 3.63) is 96.1 Å². The molecule has 0 aliphatic carbocycles. The van der Waals surface area contributed by atoms with Crippen LogP contribution in [0.5, 0.6) is 0 Å². The maximum atomic E-state index is 13.6. The lowest BCUT2D eigenvalue weighted by Gasteiger charge is -2.37. The van der Waals surface area contributed by atoms with Crippen molar-refractivity contribution in [3.8, 4) is 0 Å². The number of rotatable bonds is 5. The maximum absolute atomic E-state index is 13.6. The molecule has 3 nitrogen and oxygen atoms in total. The standard InChI is InChI=1S/C24H24N2O/c1-3-24(20-16-10-11-17-21(20)26(2)23(24)27)22(18-12-6-4-7-13-18)25-19-14-8-5-9-15-19/h4-17,22,25H,3H2,1-2H3/t22-,24+/m0/s1. The highest BCUT2D eigenvalue weighted by Crippen LogP contribution is 2.51. The van der Waals surface area contributed by atoms with Crippen molar-refractivity contribution in [2.24, 2.45) is 0 Å². The molecule has 4 rings (SSSR count). The summed E-state index contributed by atoms with van der Waals surface area (Å²) < 4.78 is 0. The van der Waals surface area contributed by atoms with E-state index < -0.39 is 5.41 Å². The van der Waals surface area contributed by atoms with Crippen LogP contribution in [0.4, 0.5) is 11.4 Å². The van der Waals surface area contributed by atoms with Gasteiger partial charge in [-0.25, -0.2) is 0 Å². The number of nitrogens with one attached hydrogen (secondary N) is 1. The smallest absolute Gasteiger partial charge is 0.239 e. The molecule has 3 aromatic carbocycles. The lowest BCUT2D eigenvalue weighted by molar-refractivity contribution is -0.123. The van der Waals surface area contributed by atoms with Crippen LogP contribution in [-0.2, 0) is 10.2 Å². The van der Waals surface area contributed by atoms with Crippen LogP contribution in [0, 0.1) is 0 Å². The highest BCUT2D eigenvalue weighted by atomic mass is 16.2. The molecule has 1 aliphatic rings. The van der Waals surface area contributed by atoms with Gasteiger partial charge in [0.05, 0.1) is 6.04 Å². The van der Waals surface area contributed by atoms with E-state index in [4.69, 9.17) is 0 Å². The molecule has 1 heterocycles. The molecule has 0 bridgehead atoms. The molecule has 0 spiro atoms. The number of hydrogen-bond acceptors (Lipinski definition) is 2. The van der Waals surface area contributed by atoms with E-state index in [9.17, 15) is 4.79 Å². The van der Waals surface area contributed by atoms with Gasteiger partial charge in [-0.2, -0.15) is 0 Å². The van der Waals surface area contributed by atoms with Crippen molar-refractivity contribution in [1.82, 2.24) is 0 Å². The topological polar surface area (TPSA) is 32.3 Å². The molecule has 27 heavy (non-hydrogen) atoms. The molecule has 1 amide bonds. The molecule has 0 fully saturated rings. The summed E-state index contributed by atoms with van der Waals surface area (Å²) in [7, 11) is 1.88. The van der Waals surface area contributed by atoms with Crippen LogP contribution in [0.3, 0.4) is 0 Å². The van der Waals surface area contributed by atoms with Gasteiger partial charge < -0.3 is 10.2 Å². The van der Waals surface area contributed by atoms with Crippen LogP contribution in [0.1, 0.15) is 30.5 Å². The molecule has 1 aliphatic heterocycles. The largest absolute Gasteiger partial charge is 0.377 e. The van der Waals surface area contributed by atoms with Crippen molar-refractivity contribution in [3.63, 3.8) is 0 Å². The Balaban J connectivity index is 1.91. The summed E-state index contributed by atoms with van der Waals surface area (Å²) in [5.74, 6) is 0.142. The van der Waals surface area contributed by atoms with E-state index in [0.717, 1.165) is 22.5 Å². The van der Waals surface area contributed by atoms with Crippen molar-refractivity contribution in [2.75, 3.05) is 17.3 Å². The number of benzene rings is 3. The lowest BCUT2D eigenvalue weighted by Crippen LogP contribution is -2.45. The van der Waals surface area contributed by atoms with Crippen LogP contribution in [-0.4, -0.2) is 13.0 Å². The normalized spacial score (nSPS) is 19.6. The van der Waals surface area contributed by atoms with Gasteiger partial charge in [0.25, 0.3) is 0 Å². The van der Waals surface area contributed by atoms with Gasteiger partial charge in [-0.05, 0) is 35.7 Å². The summed E-state index contributed by atoms with van der Waals surface area (Å²) >= 11 is 0. The van der Waals surface area contributed by atoms with E-state index in [-0.39, 0.29) is 11.9 Å². The van der Waals surface area contributed by atoms with Crippen LogP contribution >= 0.6 is 0 Å². The Bertz CT molecular complexity index is 939. The van der Waals surface area contributed by atoms with E-state index in [1.165, 1.54) is 0 Å². The van der Waals surface area contributed by atoms with Crippen LogP contribution < -0.4 is 10.2 Å². The Kier molecular flexibility index (Phi) is 4.44. The Hall–Kier alpha value is -3.07. The minimum Gasteiger partial charge on any atom is -0.377 e. The molecular formula is C24H24N2O. The first-order valence-electron chi connectivity index (χ1n) is 9.42. The second kappa shape index (κ2) is 6.92. The molecule has 2 atom stereocenters. The predicted molar refractivity (Wildman–Crippen MR) is 111 cm³/mol. The average molecular weight is 356 g/mol. The summed E-state index contributed by atoms with van der Waals surface area (Å²) in [6.45, 7) is 2.11. The number of carbonyl (C=O) groups excluding carboxylic acids is 1. The number of nitrogens with zero attached hydrogens (tertiary/aromatic N) is 1. The number of likely N-dealkylation sites (N-methyl/N-ethyl adjacent to an activating group) is 1. The van der Waals surface area contributed by atoms with Crippen molar-refractivity contribution in [2.45, 2.75) is 24.8 Å². The quantitative estimate of drug-likeness (QED) is 0.684. The van der Waals surface area contributed by atoms with E-state index in [1.807, 2.05) is 73.8 Å². The molecule has 0 aromatic heterocycles. The second-order valence-corrected chi connectivity index (χ2v) is 7.06.